The molecule has 18 heavy (non-hydrogen) atoms. The monoisotopic (exact) mass is 323 g/mol. The predicted molar refractivity (Wildman–Crippen MR) is 77.4 cm³/mol. The van der Waals surface area contributed by atoms with Crippen molar-refractivity contribution in [2.75, 3.05) is 24.8 Å². The number of fused-ring (bicyclic) bond motifs is 1. The summed E-state index contributed by atoms with van der Waals surface area (Å²) in [4.78, 5) is 4.32. The number of rotatable bonds is 6. The van der Waals surface area contributed by atoms with Gasteiger partial charge in [-0.25, -0.2) is 4.98 Å². The summed E-state index contributed by atoms with van der Waals surface area (Å²) in [6, 6.07) is 5.47. The van der Waals surface area contributed by atoms with E-state index in [1.54, 1.807) is 12.1 Å². The Bertz CT molecular complexity index is 559. The van der Waals surface area contributed by atoms with E-state index in [4.69, 9.17) is 27.9 Å². The van der Waals surface area contributed by atoms with E-state index in [2.05, 4.69) is 4.98 Å². The van der Waals surface area contributed by atoms with E-state index in [0.29, 0.717) is 34.2 Å². The van der Waals surface area contributed by atoms with Crippen molar-refractivity contribution in [1.29, 1.82) is 0 Å². The molecule has 3 nitrogen and oxygen atoms in total. The highest BCUT2D eigenvalue weighted by Crippen LogP contribution is 2.26. The van der Waals surface area contributed by atoms with Gasteiger partial charge in [-0.2, -0.15) is 0 Å². The summed E-state index contributed by atoms with van der Waals surface area (Å²) in [6.45, 7) is 0.907. The molecule has 2 aromatic rings. The average Bonchev–Trinajstić information content (AvgIpc) is 2.77. The van der Waals surface area contributed by atoms with Crippen LogP contribution in [-0.2, 0) is 15.5 Å². The maximum absolute atomic E-state index is 12.0. The summed E-state index contributed by atoms with van der Waals surface area (Å²) in [5, 5.41) is 0.635. The molecule has 1 aromatic heterocycles. The third kappa shape index (κ3) is 3.65. The Morgan fingerprint density at radius 1 is 1.39 bits per heavy atom. The fourth-order valence-electron chi connectivity index (χ4n) is 1.36. The minimum atomic E-state index is -1.13. The molecule has 0 N–H and O–H groups in total. The zero-order valence-electron chi connectivity index (χ0n) is 9.40. The maximum Gasteiger partial charge on any atom is 0.181 e. The molecular weight excluding hydrogens is 313 g/mol. The first-order valence-electron chi connectivity index (χ1n) is 5.29. The molecule has 1 atom stereocenters. The first kappa shape index (κ1) is 14.2. The van der Waals surface area contributed by atoms with E-state index in [1.165, 1.54) is 11.3 Å². The van der Waals surface area contributed by atoms with Gasteiger partial charge in [0.25, 0.3) is 0 Å². The molecule has 7 heteroatoms. The highest BCUT2D eigenvalue weighted by Gasteiger charge is 2.10. The zero-order valence-corrected chi connectivity index (χ0v) is 12.5. The largest absolute Gasteiger partial charge is 0.379 e. The molecular formula is C11H11Cl2NO2S2. The third-order valence-corrected chi connectivity index (χ3v) is 5.21. The normalized spacial score (nSPS) is 13.0. The van der Waals surface area contributed by atoms with Crippen molar-refractivity contribution in [3.05, 3.63) is 23.2 Å². The van der Waals surface area contributed by atoms with Crippen LogP contribution in [0, 0.1) is 0 Å². The van der Waals surface area contributed by atoms with E-state index >= 15 is 0 Å². The van der Waals surface area contributed by atoms with Crippen molar-refractivity contribution in [3.63, 3.8) is 0 Å². The second kappa shape index (κ2) is 6.82. The molecule has 0 aliphatic carbocycles. The zero-order chi connectivity index (χ0) is 13.0. The quantitative estimate of drug-likeness (QED) is 0.604. The number of alkyl halides is 1. The number of ether oxygens (including phenoxy) is 1. The fourth-order valence-corrected chi connectivity index (χ4v) is 3.84. The highest BCUT2D eigenvalue weighted by molar-refractivity contribution is 7.87. The standard InChI is InChI=1S/C11H11Cl2NO2S2/c12-3-4-16-5-6-18(15)11-14-9-7-8(13)1-2-10(9)17-11/h1-2,7H,3-6H2. The molecule has 0 amide bonds. The van der Waals surface area contributed by atoms with Gasteiger partial charge < -0.3 is 4.74 Å². The first-order valence-corrected chi connectivity index (χ1v) is 8.33. The molecule has 0 radical (unpaired) electrons. The van der Waals surface area contributed by atoms with E-state index in [-0.39, 0.29) is 0 Å². The van der Waals surface area contributed by atoms with Crippen LogP contribution in [0.15, 0.2) is 22.5 Å². The highest BCUT2D eigenvalue weighted by atomic mass is 35.5. The number of halogens is 2. The van der Waals surface area contributed by atoms with E-state index in [9.17, 15) is 4.21 Å². The summed E-state index contributed by atoms with van der Waals surface area (Å²) >= 11 is 12.8. The molecule has 1 heterocycles. The minimum absolute atomic E-state index is 0.427. The molecule has 0 saturated carbocycles. The molecule has 1 aromatic carbocycles. The van der Waals surface area contributed by atoms with Crippen LogP contribution in [0.2, 0.25) is 5.02 Å². The Morgan fingerprint density at radius 3 is 3.00 bits per heavy atom. The van der Waals surface area contributed by atoms with Crippen LogP contribution >= 0.6 is 34.5 Å². The average molecular weight is 324 g/mol. The number of nitrogens with zero attached hydrogens (tertiary/aromatic N) is 1. The van der Waals surface area contributed by atoms with Crippen molar-refractivity contribution in [2.24, 2.45) is 0 Å². The number of aromatic nitrogens is 1. The summed E-state index contributed by atoms with van der Waals surface area (Å²) in [7, 11) is -1.13. The molecule has 0 saturated heterocycles. The van der Waals surface area contributed by atoms with Gasteiger partial charge in [0.05, 0.1) is 40.0 Å². The lowest BCUT2D eigenvalue weighted by Crippen LogP contribution is -2.07. The Hall–Kier alpha value is -0.200. The Kier molecular flexibility index (Phi) is 5.38. The molecule has 2 rings (SSSR count). The van der Waals surface area contributed by atoms with Gasteiger partial charge in [-0.15, -0.1) is 22.9 Å². The lowest BCUT2D eigenvalue weighted by atomic mass is 10.3. The van der Waals surface area contributed by atoms with Crippen LogP contribution < -0.4 is 0 Å². The van der Waals surface area contributed by atoms with E-state index in [0.717, 1.165) is 10.2 Å². The SMILES string of the molecule is O=S(CCOCCCl)c1nc2cc(Cl)ccc2s1. The van der Waals surface area contributed by atoms with Crippen molar-refractivity contribution in [2.45, 2.75) is 4.34 Å². The van der Waals surface area contributed by atoms with Crippen LogP contribution in [0.5, 0.6) is 0 Å². The summed E-state index contributed by atoms with van der Waals surface area (Å²) in [6.07, 6.45) is 0. The van der Waals surface area contributed by atoms with E-state index in [1.807, 2.05) is 6.07 Å². The van der Waals surface area contributed by atoms with Crippen molar-refractivity contribution in [3.8, 4) is 0 Å². The third-order valence-electron chi connectivity index (χ3n) is 2.16. The number of hydrogen-bond donors (Lipinski definition) is 0. The van der Waals surface area contributed by atoms with Crippen LogP contribution in [0.1, 0.15) is 0 Å². The molecule has 0 spiro atoms. The second-order valence-corrected chi connectivity index (χ2v) is 7.03. The topological polar surface area (TPSA) is 39.2 Å². The van der Waals surface area contributed by atoms with Crippen molar-refractivity contribution >= 4 is 55.6 Å². The van der Waals surface area contributed by atoms with Gasteiger partial charge in [0.1, 0.15) is 0 Å². The summed E-state index contributed by atoms with van der Waals surface area (Å²) in [5.41, 5.74) is 0.789. The van der Waals surface area contributed by atoms with Crippen molar-refractivity contribution < 1.29 is 8.95 Å². The molecule has 0 bridgehead atoms. The van der Waals surface area contributed by atoms with Gasteiger partial charge in [-0.1, -0.05) is 11.6 Å². The first-order chi connectivity index (χ1) is 8.70. The van der Waals surface area contributed by atoms with Crippen LogP contribution in [0.3, 0.4) is 0 Å². The maximum atomic E-state index is 12.0. The number of thiazole rings is 1. The fraction of sp³-hybridized carbons (Fsp3) is 0.364. The van der Waals surface area contributed by atoms with Crippen LogP contribution in [0.4, 0.5) is 0 Å². The van der Waals surface area contributed by atoms with Gasteiger partial charge >= 0.3 is 0 Å². The predicted octanol–water partition coefficient (Wildman–Crippen LogP) is 3.31. The van der Waals surface area contributed by atoms with Crippen molar-refractivity contribution in [1.82, 2.24) is 4.98 Å². The van der Waals surface area contributed by atoms with Gasteiger partial charge in [0, 0.05) is 10.9 Å². The molecule has 98 valence electrons. The van der Waals surface area contributed by atoms with Gasteiger partial charge in [-0.05, 0) is 18.2 Å². The Labute approximate surface area is 122 Å². The Balaban J connectivity index is 2.04. The summed E-state index contributed by atoms with van der Waals surface area (Å²) in [5.74, 6) is 0.886. The Morgan fingerprint density at radius 2 is 2.22 bits per heavy atom. The molecule has 0 fully saturated rings. The second-order valence-electron chi connectivity index (χ2n) is 3.44. The number of hydrogen-bond acceptors (Lipinski definition) is 4. The lowest BCUT2D eigenvalue weighted by Gasteiger charge is -1.99. The van der Waals surface area contributed by atoms with Crippen LogP contribution in [0.25, 0.3) is 10.2 Å². The summed E-state index contributed by atoms with van der Waals surface area (Å²) < 4.78 is 18.8. The molecule has 1 unspecified atom stereocenters. The van der Waals surface area contributed by atoms with Gasteiger partial charge in [-0.3, -0.25) is 4.21 Å². The smallest absolute Gasteiger partial charge is 0.181 e. The molecule has 0 aliphatic heterocycles. The lowest BCUT2D eigenvalue weighted by molar-refractivity contribution is 0.166. The van der Waals surface area contributed by atoms with E-state index < -0.39 is 10.8 Å². The minimum Gasteiger partial charge on any atom is -0.379 e. The van der Waals surface area contributed by atoms with Gasteiger partial charge in [0.15, 0.2) is 4.34 Å². The molecule has 0 aliphatic rings. The number of benzene rings is 1. The van der Waals surface area contributed by atoms with Gasteiger partial charge in [0.2, 0.25) is 0 Å². The van der Waals surface area contributed by atoms with Crippen LogP contribution in [-0.4, -0.2) is 34.0 Å².